The summed E-state index contributed by atoms with van der Waals surface area (Å²) in [5, 5.41) is 0. The maximum atomic E-state index is 14.0. The number of carbonyl (C=O) groups is 1. The molecule has 5 rings (SSSR count). The number of amides is 1. The average molecular weight is 447 g/mol. The van der Waals surface area contributed by atoms with Gasteiger partial charge in [-0.2, -0.15) is 0 Å². The molecule has 5 heteroatoms. The molecule has 2 heterocycles. The van der Waals surface area contributed by atoms with Crippen LogP contribution < -0.4 is 0 Å². The smallest absolute Gasteiger partial charge is 0.233 e. The van der Waals surface area contributed by atoms with Crippen molar-refractivity contribution in [1.29, 1.82) is 0 Å². The van der Waals surface area contributed by atoms with Crippen molar-refractivity contribution in [3.63, 3.8) is 0 Å². The van der Waals surface area contributed by atoms with E-state index in [0.29, 0.717) is 12.7 Å². The molecular weight excluding hydrogens is 412 g/mol. The Labute approximate surface area is 197 Å². The third-order valence-corrected chi connectivity index (χ3v) is 7.58. The molecule has 3 aliphatic rings. The van der Waals surface area contributed by atoms with E-state index in [1.165, 1.54) is 17.5 Å². The highest BCUT2D eigenvalue weighted by Gasteiger charge is 2.44. The predicted molar refractivity (Wildman–Crippen MR) is 128 cm³/mol. The van der Waals surface area contributed by atoms with Gasteiger partial charge in [-0.15, -0.1) is 0 Å². The number of nitrogens with zero attached hydrogens (tertiary/aromatic N) is 2. The van der Waals surface area contributed by atoms with E-state index in [0.717, 1.165) is 64.0 Å². The molecule has 1 aliphatic carbocycles. The van der Waals surface area contributed by atoms with E-state index in [1.807, 2.05) is 12.1 Å². The lowest BCUT2D eigenvalue weighted by Crippen LogP contribution is -2.57. The molecule has 0 radical (unpaired) electrons. The summed E-state index contributed by atoms with van der Waals surface area (Å²) in [5.74, 6) is 1.22. The fraction of sp³-hybridized carbons (Fsp3) is 0.464. The molecule has 5 nitrogen and oxygen atoms in total. The van der Waals surface area contributed by atoms with Gasteiger partial charge in [-0.25, -0.2) is 0 Å². The molecule has 2 aromatic carbocycles. The first-order chi connectivity index (χ1) is 16.3. The minimum Gasteiger partial charge on any atom is -0.462 e. The summed E-state index contributed by atoms with van der Waals surface area (Å²) < 4.78 is 11.2. The number of carbonyl (C=O) groups excluding carboxylic acids is 1. The number of rotatable bonds is 6. The van der Waals surface area contributed by atoms with Crippen molar-refractivity contribution in [3.8, 4) is 0 Å². The summed E-state index contributed by atoms with van der Waals surface area (Å²) in [5.41, 5.74) is 2.12. The van der Waals surface area contributed by atoms with Gasteiger partial charge in [-0.1, -0.05) is 79.9 Å². The minimum atomic E-state index is -0.351. The monoisotopic (exact) mass is 446 g/mol. The Kier molecular flexibility index (Phi) is 6.68. The third-order valence-electron chi connectivity index (χ3n) is 7.58. The molecule has 0 N–H and O–H groups in total. The molecule has 0 aromatic heterocycles. The van der Waals surface area contributed by atoms with Crippen LogP contribution in [-0.4, -0.2) is 54.7 Å². The standard InChI is InChI=1S/C28H34N2O3/c31-27(28(14-8-3-9-15-28)24-12-6-2-7-13-24)30-18-16-29(17-19-30)25(26-21-32-22-33-26)20-23-10-4-1-5-11-23/h1-2,4-7,10-13,21,25H,3,8-9,14-20,22H2. The van der Waals surface area contributed by atoms with Crippen LogP contribution in [0.2, 0.25) is 0 Å². The number of hydrogen-bond donors (Lipinski definition) is 0. The summed E-state index contributed by atoms with van der Waals surface area (Å²) >= 11 is 0. The second-order valence-electron chi connectivity index (χ2n) is 9.49. The Bertz CT molecular complexity index is 946. The van der Waals surface area contributed by atoms with Crippen molar-refractivity contribution in [2.24, 2.45) is 0 Å². The Morgan fingerprint density at radius 2 is 1.55 bits per heavy atom. The lowest BCUT2D eigenvalue weighted by molar-refractivity contribution is -0.141. The van der Waals surface area contributed by atoms with E-state index in [-0.39, 0.29) is 11.5 Å². The lowest BCUT2D eigenvalue weighted by atomic mass is 9.68. The first-order valence-corrected chi connectivity index (χ1v) is 12.3. The largest absolute Gasteiger partial charge is 0.462 e. The lowest BCUT2D eigenvalue weighted by Gasteiger charge is -2.44. The van der Waals surface area contributed by atoms with E-state index in [9.17, 15) is 4.79 Å². The van der Waals surface area contributed by atoms with Crippen LogP contribution >= 0.6 is 0 Å². The van der Waals surface area contributed by atoms with Crippen LogP contribution in [-0.2, 0) is 26.1 Å². The van der Waals surface area contributed by atoms with Crippen LogP contribution in [0.1, 0.15) is 43.2 Å². The van der Waals surface area contributed by atoms with Crippen molar-refractivity contribution in [3.05, 3.63) is 83.8 Å². The van der Waals surface area contributed by atoms with Gasteiger partial charge in [0, 0.05) is 26.2 Å². The van der Waals surface area contributed by atoms with E-state index in [2.05, 4.69) is 58.3 Å². The van der Waals surface area contributed by atoms with E-state index in [4.69, 9.17) is 9.47 Å². The van der Waals surface area contributed by atoms with Crippen molar-refractivity contribution in [2.45, 2.75) is 50.0 Å². The third kappa shape index (κ3) is 4.65. The van der Waals surface area contributed by atoms with Crippen LogP contribution in [0.15, 0.2) is 72.7 Å². The van der Waals surface area contributed by atoms with Crippen LogP contribution in [0.5, 0.6) is 0 Å². The SMILES string of the molecule is O=C(N1CCN(C(Cc2ccccc2)C2=COCO2)CC1)C1(c2ccccc2)CCCCC1. The van der Waals surface area contributed by atoms with Crippen molar-refractivity contribution in [1.82, 2.24) is 9.80 Å². The molecule has 0 spiro atoms. The van der Waals surface area contributed by atoms with Gasteiger partial charge in [-0.05, 0) is 30.4 Å². The van der Waals surface area contributed by atoms with E-state index >= 15 is 0 Å². The molecule has 0 bridgehead atoms. The molecule has 1 unspecified atom stereocenters. The molecule has 2 fully saturated rings. The molecular formula is C28H34N2O3. The van der Waals surface area contributed by atoms with Gasteiger partial charge in [0.1, 0.15) is 6.26 Å². The van der Waals surface area contributed by atoms with Crippen LogP contribution in [0.4, 0.5) is 0 Å². The molecule has 174 valence electrons. The maximum absolute atomic E-state index is 14.0. The van der Waals surface area contributed by atoms with Gasteiger partial charge < -0.3 is 14.4 Å². The molecule has 33 heavy (non-hydrogen) atoms. The number of ether oxygens (including phenoxy) is 2. The number of benzene rings is 2. The summed E-state index contributed by atoms with van der Waals surface area (Å²) in [6.45, 7) is 3.49. The van der Waals surface area contributed by atoms with Gasteiger partial charge in [0.25, 0.3) is 0 Å². The summed E-state index contributed by atoms with van der Waals surface area (Å²) in [7, 11) is 0. The second kappa shape index (κ2) is 10.0. The molecule has 1 saturated carbocycles. The van der Waals surface area contributed by atoms with Gasteiger partial charge in [0.2, 0.25) is 12.7 Å². The fourth-order valence-electron chi connectivity index (χ4n) is 5.75. The highest BCUT2D eigenvalue weighted by Crippen LogP contribution is 2.41. The molecule has 1 atom stereocenters. The van der Waals surface area contributed by atoms with Crippen LogP contribution in [0.25, 0.3) is 0 Å². The Morgan fingerprint density at radius 3 is 2.18 bits per heavy atom. The van der Waals surface area contributed by atoms with Crippen molar-refractivity contribution >= 4 is 5.91 Å². The quantitative estimate of drug-likeness (QED) is 0.656. The average Bonchev–Trinajstić information content (AvgIpc) is 3.43. The first-order valence-electron chi connectivity index (χ1n) is 12.3. The fourth-order valence-corrected chi connectivity index (χ4v) is 5.75. The Hall–Kier alpha value is -2.79. The second-order valence-corrected chi connectivity index (χ2v) is 9.49. The zero-order chi connectivity index (χ0) is 22.5. The topological polar surface area (TPSA) is 42.0 Å². The highest BCUT2D eigenvalue weighted by molar-refractivity contribution is 5.88. The highest BCUT2D eigenvalue weighted by atomic mass is 16.7. The Balaban J connectivity index is 1.30. The molecule has 1 saturated heterocycles. The van der Waals surface area contributed by atoms with Crippen LogP contribution in [0.3, 0.4) is 0 Å². The summed E-state index contributed by atoms with van der Waals surface area (Å²) in [6, 6.07) is 21.2. The normalized spacial score (nSPS) is 21.6. The molecule has 2 aromatic rings. The first kappa shape index (κ1) is 22.0. The van der Waals surface area contributed by atoms with Gasteiger partial charge in [-0.3, -0.25) is 9.69 Å². The number of hydrogen-bond acceptors (Lipinski definition) is 4. The number of piperazine rings is 1. The van der Waals surface area contributed by atoms with E-state index < -0.39 is 0 Å². The maximum Gasteiger partial charge on any atom is 0.233 e. The van der Waals surface area contributed by atoms with Gasteiger partial charge in [0.15, 0.2) is 5.76 Å². The zero-order valence-electron chi connectivity index (χ0n) is 19.3. The minimum absolute atomic E-state index is 0.130. The molecule has 1 amide bonds. The molecule has 2 aliphatic heterocycles. The summed E-state index contributed by atoms with van der Waals surface area (Å²) in [6.07, 6.45) is 8.05. The van der Waals surface area contributed by atoms with Gasteiger partial charge >= 0.3 is 0 Å². The Morgan fingerprint density at radius 1 is 0.879 bits per heavy atom. The van der Waals surface area contributed by atoms with Crippen LogP contribution in [0, 0.1) is 0 Å². The van der Waals surface area contributed by atoms with Crippen molar-refractivity contribution in [2.75, 3.05) is 33.0 Å². The van der Waals surface area contributed by atoms with E-state index in [1.54, 1.807) is 6.26 Å². The predicted octanol–water partition coefficient (Wildman–Crippen LogP) is 4.49. The van der Waals surface area contributed by atoms with Gasteiger partial charge in [0.05, 0.1) is 11.5 Å². The summed E-state index contributed by atoms with van der Waals surface area (Å²) in [4.78, 5) is 18.5. The zero-order valence-corrected chi connectivity index (χ0v) is 19.3. The van der Waals surface area contributed by atoms with Crippen molar-refractivity contribution < 1.29 is 14.3 Å².